The smallest absolute Gasteiger partial charge is 0.0701 e. The molecule has 1 fully saturated rings. The molecule has 0 aliphatic carbocycles. The molecule has 2 heteroatoms. The van der Waals surface area contributed by atoms with Gasteiger partial charge in [0.25, 0.3) is 0 Å². The summed E-state index contributed by atoms with van der Waals surface area (Å²) in [6.45, 7) is 5.52. The lowest BCUT2D eigenvalue weighted by atomic mass is 10.1. The number of likely N-dealkylation sites (N-methyl/N-ethyl adjacent to an activating group) is 1. The molecule has 1 rings (SSSR count). The monoisotopic (exact) mass is 199 g/mol. The highest BCUT2D eigenvalue weighted by Gasteiger charge is 2.13. The number of nitrogens with zero attached hydrogens (tertiary/aromatic N) is 1. The van der Waals surface area contributed by atoms with Gasteiger partial charge in [-0.25, -0.2) is 0 Å². The molecular formula is C12H25NO. The van der Waals surface area contributed by atoms with Gasteiger partial charge in [0, 0.05) is 13.2 Å². The predicted octanol–water partition coefficient (Wildman–Crippen LogP) is 2.68. The Kier molecular flexibility index (Phi) is 6.20. The van der Waals surface area contributed by atoms with Gasteiger partial charge in [0.2, 0.25) is 0 Å². The Morgan fingerprint density at radius 3 is 2.79 bits per heavy atom. The summed E-state index contributed by atoms with van der Waals surface area (Å²) in [5.74, 6) is 0. The molecule has 14 heavy (non-hydrogen) atoms. The minimum absolute atomic E-state index is 0.492. The maximum Gasteiger partial charge on any atom is 0.0701 e. The maximum absolute atomic E-state index is 5.86. The Bertz CT molecular complexity index is 130. The molecule has 1 aliphatic rings. The molecule has 1 saturated heterocycles. The van der Waals surface area contributed by atoms with E-state index >= 15 is 0 Å². The maximum atomic E-state index is 5.86. The van der Waals surface area contributed by atoms with Gasteiger partial charge in [-0.05, 0) is 32.9 Å². The molecule has 84 valence electrons. The van der Waals surface area contributed by atoms with Crippen molar-refractivity contribution in [1.29, 1.82) is 0 Å². The van der Waals surface area contributed by atoms with Crippen LogP contribution in [-0.2, 0) is 4.74 Å². The van der Waals surface area contributed by atoms with Crippen LogP contribution in [0.1, 0.15) is 45.4 Å². The van der Waals surface area contributed by atoms with Gasteiger partial charge in [-0.2, -0.15) is 0 Å². The molecule has 1 aliphatic heterocycles. The largest absolute Gasteiger partial charge is 0.377 e. The van der Waals surface area contributed by atoms with Crippen molar-refractivity contribution in [3.05, 3.63) is 0 Å². The summed E-state index contributed by atoms with van der Waals surface area (Å²) in [5, 5.41) is 0. The normalized spacial score (nSPS) is 24.6. The molecule has 2 nitrogen and oxygen atoms in total. The quantitative estimate of drug-likeness (QED) is 0.690. The molecule has 1 heterocycles. The van der Waals surface area contributed by atoms with Gasteiger partial charge >= 0.3 is 0 Å². The second-order valence-corrected chi connectivity index (χ2v) is 4.46. The second kappa shape index (κ2) is 7.24. The third-order valence-electron chi connectivity index (χ3n) is 2.89. The molecule has 0 bridgehead atoms. The lowest BCUT2D eigenvalue weighted by Gasteiger charge is -2.25. The molecule has 0 amide bonds. The van der Waals surface area contributed by atoms with Crippen LogP contribution >= 0.6 is 0 Å². The summed E-state index contributed by atoms with van der Waals surface area (Å²) in [6.07, 6.45) is 8.36. The fraction of sp³-hybridized carbons (Fsp3) is 1.00. The third-order valence-corrected chi connectivity index (χ3v) is 2.89. The Labute approximate surface area is 88.6 Å². The first kappa shape index (κ1) is 12.0. The Morgan fingerprint density at radius 1 is 1.21 bits per heavy atom. The van der Waals surface area contributed by atoms with E-state index in [0.717, 1.165) is 13.2 Å². The molecule has 0 aromatic rings. The summed E-state index contributed by atoms with van der Waals surface area (Å²) in [4.78, 5) is 2.40. The summed E-state index contributed by atoms with van der Waals surface area (Å²) in [5.41, 5.74) is 0. The van der Waals surface area contributed by atoms with E-state index in [9.17, 15) is 0 Å². The molecular weight excluding hydrogens is 174 g/mol. The highest BCUT2D eigenvalue weighted by Crippen LogP contribution is 2.14. The number of rotatable bonds is 4. The van der Waals surface area contributed by atoms with Crippen molar-refractivity contribution in [2.75, 3.05) is 26.7 Å². The van der Waals surface area contributed by atoms with Crippen LogP contribution in [0, 0.1) is 0 Å². The summed E-state index contributed by atoms with van der Waals surface area (Å²) in [6, 6.07) is 0. The molecule has 0 N–H and O–H groups in total. The highest BCUT2D eigenvalue weighted by molar-refractivity contribution is 4.65. The number of hydrogen-bond acceptors (Lipinski definition) is 2. The van der Waals surface area contributed by atoms with E-state index < -0.39 is 0 Å². The third kappa shape index (κ3) is 4.97. The molecule has 1 unspecified atom stereocenters. The van der Waals surface area contributed by atoms with E-state index in [-0.39, 0.29) is 0 Å². The standard InChI is InChI=1S/C12H25NO/c1-3-9-13(2)11-12-8-6-4-5-7-10-14-12/h12H,3-11H2,1-2H3. The van der Waals surface area contributed by atoms with Gasteiger partial charge in [-0.3, -0.25) is 0 Å². The second-order valence-electron chi connectivity index (χ2n) is 4.46. The fourth-order valence-corrected chi connectivity index (χ4v) is 2.13. The molecule has 0 aromatic heterocycles. The van der Waals surface area contributed by atoms with Crippen molar-refractivity contribution in [1.82, 2.24) is 4.90 Å². The van der Waals surface area contributed by atoms with Crippen LogP contribution in [0.15, 0.2) is 0 Å². The van der Waals surface area contributed by atoms with Gasteiger partial charge in [-0.1, -0.05) is 26.2 Å². The summed E-state index contributed by atoms with van der Waals surface area (Å²) < 4.78 is 5.86. The Hall–Kier alpha value is -0.0800. The first-order valence-corrected chi connectivity index (χ1v) is 6.13. The van der Waals surface area contributed by atoms with E-state index in [0.29, 0.717) is 6.10 Å². The van der Waals surface area contributed by atoms with Crippen LogP contribution in [0.3, 0.4) is 0 Å². The molecule has 0 saturated carbocycles. The van der Waals surface area contributed by atoms with Gasteiger partial charge in [-0.15, -0.1) is 0 Å². The average Bonchev–Trinajstić information content (AvgIpc) is 2.10. The summed E-state index contributed by atoms with van der Waals surface area (Å²) in [7, 11) is 2.20. The van der Waals surface area contributed by atoms with E-state index in [1.807, 2.05) is 0 Å². The Morgan fingerprint density at radius 2 is 2.00 bits per heavy atom. The topological polar surface area (TPSA) is 12.5 Å². The highest BCUT2D eigenvalue weighted by atomic mass is 16.5. The van der Waals surface area contributed by atoms with Crippen LogP contribution in [-0.4, -0.2) is 37.7 Å². The van der Waals surface area contributed by atoms with Gasteiger partial charge in [0.1, 0.15) is 0 Å². The fourth-order valence-electron chi connectivity index (χ4n) is 2.13. The van der Waals surface area contributed by atoms with Crippen LogP contribution < -0.4 is 0 Å². The lowest BCUT2D eigenvalue weighted by molar-refractivity contribution is 0.0160. The van der Waals surface area contributed by atoms with Crippen molar-refractivity contribution >= 4 is 0 Å². The minimum atomic E-state index is 0.492. The van der Waals surface area contributed by atoms with Crippen molar-refractivity contribution in [2.45, 2.75) is 51.6 Å². The van der Waals surface area contributed by atoms with Gasteiger partial charge in [0.15, 0.2) is 0 Å². The first-order chi connectivity index (χ1) is 6.83. The molecule has 1 atom stereocenters. The number of hydrogen-bond donors (Lipinski definition) is 0. The SMILES string of the molecule is CCCN(C)CC1CCCCCCO1. The average molecular weight is 199 g/mol. The first-order valence-electron chi connectivity index (χ1n) is 6.13. The van der Waals surface area contributed by atoms with Crippen molar-refractivity contribution in [3.63, 3.8) is 0 Å². The zero-order chi connectivity index (χ0) is 10.2. The van der Waals surface area contributed by atoms with Crippen molar-refractivity contribution < 1.29 is 4.74 Å². The molecule has 0 aromatic carbocycles. The lowest BCUT2D eigenvalue weighted by Crippen LogP contribution is -2.32. The molecule has 0 radical (unpaired) electrons. The van der Waals surface area contributed by atoms with Crippen LogP contribution in [0.5, 0.6) is 0 Å². The van der Waals surface area contributed by atoms with Crippen LogP contribution in [0.4, 0.5) is 0 Å². The van der Waals surface area contributed by atoms with Crippen molar-refractivity contribution in [3.8, 4) is 0 Å². The van der Waals surface area contributed by atoms with Crippen LogP contribution in [0.2, 0.25) is 0 Å². The zero-order valence-corrected chi connectivity index (χ0v) is 9.80. The van der Waals surface area contributed by atoms with Crippen LogP contribution in [0.25, 0.3) is 0 Å². The van der Waals surface area contributed by atoms with E-state index in [2.05, 4.69) is 18.9 Å². The Balaban J connectivity index is 2.19. The zero-order valence-electron chi connectivity index (χ0n) is 9.80. The molecule has 0 spiro atoms. The van der Waals surface area contributed by atoms with Gasteiger partial charge in [0.05, 0.1) is 6.10 Å². The predicted molar refractivity (Wildman–Crippen MR) is 60.6 cm³/mol. The van der Waals surface area contributed by atoms with Crippen molar-refractivity contribution in [2.24, 2.45) is 0 Å². The minimum Gasteiger partial charge on any atom is -0.377 e. The van der Waals surface area contributed by atoms with Gasteiger partial charge < -0.3 is 9.64 Å². The van der Waals surface area contributed by atoms with E-state index in [1.54, 1.807) is 0 Å². The van der Waals surface area contributed by atoms with E-state index in [1.165, 1.54) is 45.1 Å². The number of ether oxygens (including phenoxy) is 1. The summed E-state index contributed by atoms with van der Waals surface area (Å²) >= 11 is 0. The van der Waals surface area contributed by atoms with E-state index in [4.69, 9.17) is 4.74 Å².